The summed E-state index contributed by atoms with van der Waals surface area (Å²) in [5, 5.41) is 18.6. The Morgan fingerprint density at radius 3 is 2.63 bits per heavy atom. The number of carbonyl (C=O) groups is 2. The third-order valence-electron chi connectivity index (χ3n) is 3.42. The number of aliphatic hydroxyl groups is 1. The van der Waals surface area contributed by atoms with Gasteiger partial charge < -0.3 is 19.5 Å². The first-order valence-corrected chi connectivity index (χ1v) is 6.19. The Morgan fingerprint density at radius 2 is 2.05 bits per heavy atom. The minimum atomic E-state index is -1.04. The van der Waals surface area contributed by atoms with Gasteiger partial charge in [-0.3, -0.25) is 9.59 Å². The highest BCUT2D eigenvalue weighted by molar-refractivity contribution is 5.96. The predicted octanol–water partition coefficient (Wildman–Crippen LogP) is 0.894. The maximum atomic E-state index is 12.3. The number of rotatable bonds is 3. The standard InChI is InChI=1S/C13H17NO5/c1-13(18)3-5-14(6-4-13)12(17)9-2-7-19-10(9)8-11(15)16/h2,7,18H,3-6,8H2,1H3,(H,15,16). The van der Waals surface area contributed by atoms with Crippen molar-refractivity contribution in [2.24, 2.45) is 0 Å². The molecule has 0 unspecified atom stereocenters. The van der Waals surface area contributed by atoms with Crippen LogP contribution >= 0.6 is 0 Å². The van der Waals surface area contributed by atoms with Crippen LogP contribution in [0.2, 0.25) is 0 Å². The average molecular weight is 267 g/mol. The summed E-state index contributed by atoms with van der Waals surface area (Å²) < 4.78 is 5.05. The zero-order valence-corrected chi connectivity index (χ0v) is 10.8. The zero-order chi connectivity index (χ0) is 14.0. The number of amides is 1. The second-order valence-corrected chi connectivity index (χ2v) is 5.12. The van der Waals surface area contributed by atoms with Crippen LogP contribution in [0.15, 0.2) is 16.7 Å². The normalized spacial score (nSPS) is 18.3. The number of carbonyl (C=O) groups excluding carboxylic acids is 1. The number of carboxylic acids is 1. The van der Waals surface area contributed by atoms with E-state index in [-0.39, 0.29) is 18.1 Å². The van der Waals surface area contributed by atoms with E-state index in [0.717, 1.165) is 0 Å². The molecule has 0 aromatic carbocycles. The molecule has 0 atom stereocenters. The van der Waals surface area contributed by atoms with Crippen LogP contribution in [0, 0.1) is 0 Å². The SMILES string of the molecule is CC1(O)CCN(C(=O)c2ccoc2CC(=O)O)CC1. The predicted molar refractivity (Wildman–Crippen MR) is 65.8 cm³/mol. The third-order valence-corrected chi connectivity index (χ3v) is 3.42. The fourth-order valence-corrected chi connectivity index (χ4v) is 2.17. The van der Waals surface area contributed by atoms with Crippen LogP contribution in [0.1, 0.15) is 35.9 Å². The molecule has 1 amide bonds. The number of carboxylic acid groups (broad SMARTS) is 1. The van der Waals surface area contributed by atoms with E-state index < -0.39 is 11.6 Å². The molecule has 2 N–H and O–H groups in total. The highest BCUT2D eigenvalue weighted by Gasteiger charge is 2.31. The van der Waals surface area contributed by atoms with Crippen molar-refractivity contribution in [3.8, 4) is 0 Å². The van der Waals surface area contributed by atoms with E-state index in [9.17, 15) is 14.7 Å². The van der Waals surface area contributed by atoms with E-state index in [1.54, 1.807) is 11.8 Å². The first kappa shape index (κ1) is 13.6. The van der Waals surface area contributed by atoms with Crippen molar-refractivity contribution in [3.63, 3.8) is 0 Å². The van der Waals surface area contributed by atoms with E-state index in [1.807, 2.05) is 0 Å². The lowest BCUT2D eigenvalue weighted by Crippen LogP contribution is -2.45. The third kappa shape index (κ3) is 3.14. The lowest BCUT2D eigenvalue weighted by molar-refractivity contribution is -0.136. The fourth-order valence-electron chi connectivity index (χ4n) is 2.17. The summed E-state index contributed by atoms with van der Waals surface area (Å²) in [5.74, 6) is -1.10. The first-order valence-electron chi connectivity index (χ1n) is 6.19. The quantitative estimate of drug-likeness (QED) is 0.848. The van der Waals surface area contributed by atoms with Gasteiger partial charge in [-0.2, -0.15) is 0 Å². The minimum absolute atomic E-state index is 0.176. The van der Waals surface area contributed by atoms with Gasteiger partial charge in [0.2, 0.25) is 0 Å². The van der Waals surface area contributed by atoms with Gasteiger partial charge in [0.15, 0.2) is 0 Å². The average Bonchev–Trinajstić information content (AvgIpc) is 2.75. The highest BCUT2D eigenvalue weighted by Crippen LogP contribution is 2.23. The fraction of sp³-hybridized carbons (Fsp3) is 0.538. The van der Waals surface area contributed by atoms with E-state index in [1.165, 1.54) is 12.3 Å². The van der Waals surface area contributed by atoms with E-state index in [4.69, 9.17) is 9.52 Å². The topological polar surface area (TPSA) is 91.0 Å². The van der Waals surface area contributed by atoms with Crippen molar-refractivity contribution in [1.82, 2.24) is 4.90 Å². The number of hydrogen-bond donors (Lipinski definition) is 2. The molecule has 1 saturated heterocycles. The Hall–Kier alpha value is -1.82. The summed E-state index contributed by atoms with van der Waals surface area (Å²) in [6.07, 6.45) is 2.06. The summed E-state index contributed by atoms with van der Waals surface area (Å²) in [5.41, 5.74) is -0.430. The number of hydrogen-bond acceptors (Lipinski definition) is 4. The van der Waals surface area contributed by atoms with Crippen LogP contribution in [0.25, 0.3) is 0 Å². The lowest BCUT2D eigenvalue weighted by atomic mass is 9.93. The molecule has 1 aromatic rings. The van der Waals surface area contributed by atoms with E-state index >= 15 is 0 Å². The Balaban J connectivity index is 2.08. The van der Waals surface area contributed by atoms with Gasteiger partial charge in [-0.25, -0.2) is 0 Å². The van der Waals surface area contributed by atoms with Crippen LogP contribution in [0.3, 0.4) is 0 Å². The molecule has 2 heterocycles. The molecule has 104 valence electrons. The van der Waals surface area contributed by atoms with Crippen molar-refractivity contribution < 1.29 is 24.2 Å². The van der Waals surface area contributed by atoms with Crippen LogP contribution in [-0.4, -0.2) is 45.7 Å². The number of nitrogens with zero attached hydrogens (tertiary/aromatic N) is 1. The summed E-state index contributed by atoms with van der Waals surface area (Å²) >= 11 is 0. The maximum absolute atomic E-state index is 12.3. The Bertz CT molecular complexity index is 481. The van der Waals surface area contributed by atoms with Crippen molar-refractivity contribution in [2.45, 2.75) is 31.8 Å². The van der Waals surface area contributed by atoms with Gasteiger partial charge >= 0.3 is 5.97 Å². The molecule has 0 saturated carbocycles. The Labute approximate surface area is 110 Å². The molecular formula is C13H17NO5. The number of aliphatic carboxylic acids is 1. The zero-order valence-electron chi connectivity index (χ0n) is 10.8. The van der Waals surface area contributed by atoms with Crippen molar-refractivity contribution in [1.29, 1.82) is 0 Å². The lowest BCUT2D eigenvalue weighted by Gasteiger charge is -2.35. The van der Waals surface area contributed by atoms with Crippen molar-refractivity contribution in [3.05, 3.63) is 23.7 Å². The molecule has 2 rings (SSSR count). The number of piperidine rings is 1. The Kier molecular flexibility index (Phi) is 3.61. The number of furan rings is 1. The molecule has 0 spiro atoms. The molecule has 0 bridgehead atoms. The molecule has 19 heavy (non-hydrogen) atoms. The van der Waals surface area contributed by atoms with Crippen molar-refractivity contribution >= 4 is 11.9 Å². The molecule has 1 fully saturated rings. The van der Waals surface area contributed by atoms with Crippen molar-refractivity contribution in [2.75, 3.05) is 13.1 Å². The van der Waals surface area contributed by atoms with E-state index in [2.05, 4.69) is 0 Å². The summed E-state index contributed by atoms with van der Waals surface area (Å²) in [7, 11) is 0. The highest BCUT2D eigenvalue weighted by atomic mass is 16.4. The maximum Gasteiger partial charge on any atom is 0.311 e. The Morgan fingerprint density at radius 1 is 1.42 bits per heavy atom. The van der Waals surface area contributed by atoms with Gasteiger partial charge in [0, 0.05) is 13.1 Å². The van der Waals surface area contributed by atoms with Gasteiger partial charge in [-0.05, 0) is 25.8 Å². The molecule has 0 radical (unpaired) electrons. The van der Waals surface area contributed by atoms with Gasteiger partial charge in [0.05, 0.1) is 17.4 Å². The first-order chi connectivity index (χ1) is 8.89. The second-order valence-electron chi connectivity index (χ2n) is 5.12. The molecule has 1 aliphatic rings. The molecule has 6 heteroatoms. The number of likely N-dealkylation sites (tertiary alicyclic amines) is 1. The molecule has 1 aliphatic heterocycles. The van der Waals surface area contributed by atoms with Gasteiger partial charge in [0.25, 0.3) is 5.91 Å². The molecule has 6 nitrogen and oxygen atoms in total. The van der Waals surface area contributed by atoms with Crippen LogP contribution in [0.5, 0.6) is 0 Å². The van der Waals surface area contributed by atoms with Crippen LogP contribution < -0.4 is 0 Å². The summed E-state index contributed by atoms with van der Waals surface area (Å²) in [6, 6.07) is 1.49. The van der Waals surface area contributed by atoms with Gasteiger partial charge in [0.1, 0.15) is 12.2 Å². The second kappa shape index (κ2) is 5.05. The largest absolute Gasteiger partial charge is 0.481 e. The van der Waals surface area contributed by atoms with E-state index in [0.29, 0.717) is 31.5 Å². The minimum Gasteiger partial charge on any atom is -0.481 e. The summed E-state index contributed by atoms with van der Waals surface area (Å²) in [4.78, 5) is 24.6. The molecular weight excluding hydrogens is 250 g/mol. The van der Waals surface area contributed by atoms with Gasteiger partial charge in [-0.1, -0.05) is 0 Å². The van der Waals surface area contributed by atoms with Crippen LogP contribution in [-0.2, 0) is 11.2 Å². The summed E-state index contributed by atoms with van der Waals surface area (Å²) in [6.45, 7) is 2.68. The van der Waals surface area contributed by atoms with Crippen LogP contribution in [0.4, 0.5) is 0 Å². The van der Waals surface area contributed by atoms with Gasteiger partial charge in [-0.15, -0.1) is 0 Å². The smallest absolute Gasteiger partial charge is 0.311 e. The molecule has 1 aromatic heterocycles. The molecule has 0 aliphatic carbocycles. The monoisotopic (exact) mass is 267 g/mol.